The van der Waals surface area contributed by atoms with E-state index >= 15 is 0 Å². The van der Waals surface area contributed by atoms with Crippen LogP contribution in [-0.2, 0) is 6.54 Å². The molecule has 0 bridgehead atoms. The highest BCUT2D eigenvalue weighted by atomic mass is 15.1. The fourth-order valence-corrected chi connectivity index (χ4v) is 2.48. The summed E-state index contributed by atoms with van der Waals surface area (Å²) in [5, 5.41) is 0. The monoisotopic (exact) mass is 244 g/mol. The number of aryl methyl sites for hydroxylation is 1. The third-order valence-electron chi connectivity index (χ3n) is 4.26. The van der Waals surface area contributed by atoms with E-state index in [1.807, 2.05) is 0 Å². The van der Waals surface area contributed by atoms with Gasteiger partial charge in [-0.05, 0) is 38.4 Å². The number of hydrogen-bond donors (Lipinski definition) is 1. The lowest BCUT2D eigenvalue weighted by molar-refractivity contribution is 0.137. The van der Waals surface area contributed by atoms with Crippen LogP contribution in [0.25, 0.3) is 0 Å². The predicted octanol–water partition coefficient (Wildman–Crippen LogP) is 3.07. The summed E-state index contributed by atoms with van der Waals surface area (Å²) >= 11 is 0. The van der Waals surface area contributed by atoms with Gasteiger partial charge in [-0.3, -0.25) is 4.90 Å². The number of nitrogens with zero attached hydrogens (tertiary/aromatic N) is 1. The van der Waals surface area contributed by atoms with Gasteiger partial charge in [0.2, 0.25) is 0 Å². The van der Waals surface area contributed by atoms with E-state index in [0.717, 1.165) is 38.2 Å². The normalized spacial score (nSPS) is 19.7. The third kappa shape index (κ3) is 2.94. The summed E-state index contributed by atoms with van der Waals surface area (Å²) in [6.45, 7) is 11.6. The van der Waals surface area contributed by atoms with E-state index in [9.17, 15) is 0 Å². The summed E-state index contributed by atoms with van der Waals surface area (Å²) in [5.41, 5.74) is 9.61. The molecular weight excluding hydrogens is 220 g/mol. The molecule has 0 spiro atoms. The Hall–Kier alpha value is -1.28. The second-order valence-electron chi connectivity index (χ2n) is 5.85. The largest absolute Gasteiger partial charge is 0.402 e. The molecule has 1 aliphatic heterocycles. The van der Waals surface area contributed by atoms with Crippen molar-refractivity contribution in [3.8, 4) is 0 Å². The highest BCUT2D eigenvalue weighted by Gasteiger charge is 2.31. The van der Waals surface area contributed by atoms with Gasteiger partial charge >= 0.3 is 0 Å². The molecule has 0 aliphatic carbocycles. The lowest BCUT2D eigenvalue weighted by atomic mass is 9.78. The van der Waals surface area contributed by atoms with Gasteiger partial charge in [0.15, 0.2) is 0 Å². The van der Waals surface area contributed by atoms with Gasteiger partial charge in [0.05, 0.1) is 0 Å². The summed E-state index contributed by atoms with van der Waals surface area (Å²) in [6, 6.07) is 8.83. The van der Waals surface area contributed by atoms with Gasteiger partial charge in [-0.25, -0.2) is 0 Å². The number of rotatable bonds is 3. The molecule has 1 aromatic rings. The van der Waals surface area contributed by atoms with Gasteiger partial charge in [-0.15, -0.1) is 0 Å². The van der Waals surface area contributed by atoms with E-state index in [1.54, 1.807) is 0 Å². The molecule has 0 amide bonds. The van der Waals surface area contributed by atoms with Crippen molar-refractivity contribution in [2.75, 3.05) is 13.1 Å². The van der Waals surface area contributed by atoms with Crippen LogP contribution in [0.1, 0.15) is 30.9 Å². The van der Waals surface area contributed by atoms with Crippen molar-refractivity contribution in [2.24, 2.45) is 11.1 Å². The van der Waals surface area contributed by atoms with Crippen molar-refractivity contribution in [2.45, 2.75) is 33.2 Å². The molecule has 1 aromatic carbocycles. The maximum Gasteiger partial charge on any atom is 0.0233 e. The molecule has 18 heavy (non-hydrogen) atoms. The molecular formula is C16H24N2. The maximum atomic E-state index is 5.90. The van der Waals surface area contributed by atoms with Crippen molar-refractivity contribution in [1.82, 2.24) is 4.90 Å². The van der Waals surface area contributed by atoms with Crippen LogP contribution in [0, 0.1) is 12.3 Å². The maximum absolute atomic E-state index is 5.90. The van der Waals surface area contributed by atoms with E-state index in [4.69, 9.17) is 5.73 Å². The molecule has 0 aromatic heterocycles. The highest BCUT2D eigenvalue weighted by Crippen LogP contribution is 2.35. The second-order valence-corrected chi connectivity index (χ2v) is 5.85. The highest BCUT2D eigenvalue weighted by molar-refractivity contribution is 5.21. The van der Waals surface area contributed by atoms with E-state index in [-0.39, 0.29) is 5.41 Å². The van der Waals surface area contributed by atoms with E-state index < -0.39 is 0 Å². The van der Waals surface area contributed by atoms with Crippen LogP contribution in [-0.4, -0.2) is 18.0 Å². The first-order chi connectivity index (χ1) is 8.49. The first-order valence-electron chi connectivity index (χ1n) is 6.72. The van der Waals surface area contributed by atoms with Crippen LogP contribution in [0.4, 0.5) is 0 Å². The molecule has 0 saturated carbocycles. The Morgan fingerprint density at radius 1 is 1.28 bits per heavy atom. The lowest BCUT2D eigenvalue weighted by Gasteiger charge is -2.39. The molecule has 2 N–H and O–H groups in total. The molecule has 0 unspecified atom stereocenters. The smallest absolute Gasteiger partial charge is 0.0233 e. The van der Waals surface area contributed by atoms with Crippen molar-refractivity contribution in [3.63, 3.8) is 0 Å². The van der Waals surface area contributed by atoms with E-state index in [1.165, 1.54) is 11.1 Å². The van der Waals surface area contributed by atoms with Crippen LogP contribution in [0.5, 0.6) is 0 Å². The average molecular weight is 244 g/mol. The van der Waals surface area contributed by atoms with Crippen LogP contribution >= 0.6 is 0 Å². The number of piperidine rings is 1. The van der Waals surface area contributed by atoms with Gasteiger partial charge in [0.25, 0.3) is 0 Å². The fraction of sp³-hybridized carbons (Fsp3) is 0.500. The van der Waals surface area contributed by atoms with Crippen LogP contribution < -0.4 is 5.73 Å². The lowest BCUT2D eigenvalue weighted by Crippen LogP contribution is -2.40. The van der Waals surface area contributed by atoms with Crippen molar-refractivity contribution < 1.29 is 0 Å². The summed E-state index contributed by atoms with van der Waals surface area (Å²) in [4.78, 5) is 2.51. The topological polar surface area (TPSA) is 29.3 Å². The predicted molar refractivity (Wildman–Crippen MR) is 77.1 cm³/mol. The van der Waals surface area contributed by atoms with E-state index in [0.29, 0.717) is 0 Å². The Labute approximate surface area is 110 Å². The van der Waals surface area contributed by atoms with Crippen LogP contribution in [0.2, 0.25) is 0 Å². The zero-order valence-corrected chi connectivity index (χ0v) is 11.6. The molecule has 1 saturated heterocycles. The number of nitrogens with two attached hydrogens (primary N) is 1. The Bertz CT molecular complexity index is 411. The molecule has 2 nitrogen and oxygen atoms in total. The zero-order chi connectivity index (χ0) is 13.2. The van der Waals surface area contributed by atoms with Gasteiger partial charge in [0.1, 0.15) is 0 Å². The molecule has 2 rings (SSSR count). The first kappa shape index (κ1) is 13.2. The summed E-state index contributed by atoms with van der Waals surface area (Å²) in [7, 11) is 0. The zero-order valence-electron chi connectivity index (χ0n) is 11.6. The molecule has 2 heteroatoms. The second kappa shape index (κ2) is 5.15. The third-order valence-corrected chi connectivity index (χ3v) is 4.26. The number of hydrogen-bond acceptors (Lipinski definition) is 2. The summed E-state index contributed by atoms with van der Waals surface area (Å²) < 4.78 is 0. The van der Waals surface area contributed by atoms with Crippen LogP contribution in [0.15, 0.2) is 36.5 Å². The molecule has 1 aliphatic rings. The minimum atomic E-state index is 0.143. The van der Waals surface area contributed by atoms with Gasteiger partial charge < -0.3 is 5.73 Å². The number of benzene rings is 1. The SMILES string of the molecule is C=C(N)C1(C)CCN(Cc2ccc(C)cc2)CC1. The van der Waals surface area contributed by atoms with Gasteiger partial charge in [-0.1, -0.05) is 43.3 Å². The first-order valence-corrected chi connectivity index (χ1v) is 6.72. The Morgan fingerprint density at radius 3 is 2.33 bits per heavy atom. The van der Waals surface area contributed by atoms with Crippen LogP contribution in [0.3, 0.4) is 0 Å². The quantitative estimate of drug-likeness (QED) is 0.885. The molecule has 1 heterocycles. The van der Waals surface area contributed by atoms with Gasteiger partial charge in [0, 0.05) is 17.7 Å². The minimum Gasteiger partial charge on any atom is -0.402 e. The molecule has 98 valence electrons. The Morgan fingerprint density at radius 2 is 1.83 bits per heavy atom. The van der Waals surface area contributed by atoms with Gasteiger partial charge in [-0.2, -0.15) is 0 Å². The fourth-order valence-electron chi connectivity index (χ4n) is 2.48. The minimum absolute atomic E-state index is 0.143. The average Bonchev–Trinajstić information content (AvgIpc) is 2.35. The molecule has 1 fully saturated rings. The van der Waals surface area contributed by atoms with Crippen molar-refractivity contribution in [3.05, 3.63) is 47.7 Å². The summed E-state index contributed by atoms with van der Waals surface area (Å²) in [6.07, 6.45) is 2.24. The van der Waals surface area contributed by atoms with Crippen molar-refractivity contribution >= 4 is 0 Å². The Kier molecular flexibility index (Phi) is 3.76. The number of allylic oxidation sites excluding steroid dienone is 1. The molecule has 0 radical (unpaired) electrons. The standard InChI is InChI=1S/C16H24N2/c1-13-4-6-15(7-5-13)12-18-10-8-16(3,9-11-18)14(2)17/h4-7H,2,8-12,17H2,1,3H3. The number of likely N-dealkylation sites (tertiary alicyclic amines) is 1. The Balaban J connectivity index is 1.91. The summed E-state index contributed by atoms with van der Waals surface area (Å²) in [5.74, 6) is 0. The van der Waals surface area contributed by atoms with Crippen molar-refractivity contribution in [1.29, 1.82) is 0 Å². The van der Waals surface area contributed by atoms with E-state index in [2.05, 4.69) is 49.6 Å². The molecule has 0 atom stereocenters.